The van der Waals surface area contributed by atoms with E-state index in [0.717, 1.165) is 18.5 Å². The van der Waals surface area contributed by atoms with Crippen LogP contribution in [-0.2, 0) is 0 Å². The van der Waals surface area contributed by atoms with Crippen LogP contribution in [0.4, 0.5) is 15.9 Å². The molecular formula is C11H7Cl2FN4O. The minimum atomic E-state index is -0.614. The number of benzene rings is 1. The third-order valence-corrected chi connectivity index (χ3v) is 2.90. The summed E-state index contributed by atoms with van der Waals surface area (Å²) in [6, 6.07) is 3.48. The number of amides is 1. The highest BCUT2D eigenvalue weighted by Gasteiger charge is 2.13. The summed E-state index contributed by atoms with van der Waals surface area (Å²) >= 11 is 11.5. The molecule has 2 rings (SSSR count). The number of aromatic nitrogens is 2. The highest BCUT2D eigenvalue weighted by atomic mass is 35.5. The molecule has 98 valence electrons. The van der Waals surface area contributed by atoms with Gasteiger partial charge in [-0.1, -0.05) is 23.2 Å². The predicted molar refractivity (Wildman–Crippen MR) is 70.8 cm³/mol. The second-order valence-corrected chi connectivity index (χ2v) is 4.29. The Bertz CT molecular complexity index is 630. The van der Waals surface area contributed by atoms with Crippen LogP contribution in [0.2, 0.25) is 10.2 Å². The summed E-state index contributed by atoms with van der Waals surface area (Å²) in [6.07, 6.45) is 1.14. The van der Waals surface area contributed by atoms with Gasteiger partial charge in [-0.15, -0.1) is 0 Å². The molecule has 0 spiro atoms. The van der Waals surface area contributed by atoms with Gasteiger partial charge in [-0.25, -0.2) is 14.4 Å². The average molecular weight is 301 g/mol. The van der Waals surface area contributed by atoms with Crippen LogP contribution in [-0.4, -0.2) is 15.9 Å². The Kier molecular flexibility index (Phi) is 3.82. The lowest BCUT2D eigenvalue weighted by Gasteiger charge is -2.07. The van der Waals surface area contributed by atoms with Crippen molar-refractivity contribution in [1.82, 2.24) is 9.97 Å². The lowest BCUT2D eigenvalue weighted by atomic mass is 10.2. The molecule has 0 aliphatic heterocycles. The van der Waals surface area contributed by atoms with E-state index >= 15 is 0 Å². The van der Waals surface area contributed by atoms with Crippen LogP contribution in [0, 0.1) is 5.82 Å². The Morgan fingerprint density at radius 3 is 2.68 bits per heavy atom. The fourth-order valence-corrected chi connectivity index (χ4v) is 1.64. The zero-order valence-corrected chi connectivity index (χ0v) is 10.8. The summed E-state index contributed by atoms with van der Waals surface area (Å²) in [5.41, 5.74) is 5.63. The van der Waals surface area contributed by atoms with Crippen LogP contribution in [0.5, 0.6) is 0 Å². The molecular weight excluding hydrogens is 294 g/mol. The first-order chi connectivity index (χ1) is 8.97. The van der Waals surface area contributed by atoms with Crippen molar-refractivity contribution >= 4 is 40.6 Å². The van der Waals surface area contributed by atoms with Crippen LogP contribution in [0.1, 0.15) is 10.4 Å². The fraction of sp³-hybridized carbons (Fsp3) is 0. The molecule has 2 aromatic rings. The monoisotopic (exact) mass is 300 g/mol. The smallest absolute Gasteiger partial charge is 0.257 e. The number of nitrogens with two attached hydrogens (primary N) is 1. The van der Waals surface area contributed by atoms with E-state index in [-0.39, 0.29) is 27.2 Å². The van der Waals surface area contributed by atoms with Gasteiger partial charge in [0.1, 0.15) is 17.2 Å². The van der Waals surface area contributed by atoms with E-state index in [4.69, 9.17) is 28.9 Å². The molecule has 1 aromatic heterocycles. The molecule has 8 heteroatoms. The Morgan fingerprint density at radius 2 is 2.00 bits per heavy atom. The number of nitrogens with zero attached hydrogens (tertiary/aromatic N) is 2. The minimum Gasteiger partial charge on any atom is -0.399 e. The van der Waals surface area contributed by atoms with E-state index in [1.54, 1.807) is 0 Å². The lowest BCUT2D eigenvalue weighted by molar-refractivity contribution is 0.102. The molecule has 0 fully saturated rings. The number of nitrogen functional groups attached to an aromatic ring is 1. The van der Waals surface area contributed by atoms with Gasteiger partial charge in [0.15, 0.2) is 11.0 Å². The normalized spacial score (nSPS) is 10.3. The Labute approximate surface area is 117 Å². The van der Waals surface area contributed by atoms with Crippen LogP contribution in [0.3, 0.4) is 0 Å². The van der Waals surface area contributed by atoms with Crippen molar-refractivity contribution in [3.05, 3.63) is 46.1 Å². The van der Waals surface area contributed by atoms with Gasteiger partial charge in [-0.2, -0.15) is 0 Å². The average Bonchev–Trinajstić information content (AvgIpc) is 2.33. The Balaban J connectivity index is 2.28. The predicted octanol–water partition coefficient (Wildman–Crippen LogP) is 2.76. The van der Waals surface area contributed by atoms with Gasteiger partial charge in [0.2, 0.25) is 0 Å². The molecule has 19 heavy (non-hydrogen) atoms. The van der Waals surface area contributed by atoms with Crippen molar-refractivity contribution in [3.8, 4) is 0 Å². The largest absolute Gasteiger partial charge is 0.399 e. The summed E-state index contributed by atoms with van der Waals surface area (Å²) in [5.74, 6) is -1.19. The van der Waals surface area contributed by atoms with Crippen molar-refractivity contribution in [2.45, 2.75) is 0 Å². The molecule has 0 saturated heterocycles. The molecule has 0 unspecified atom stereocenters. The van der Waals surface area contributed by atoms with Gasteiger partial charge in [0.05, 0.1) is 0 Å². The minimum absolute atomic E-state index is 0.00175. The number of carbonyl (C=O) groups is 1. The summed E-state index contributed by atoms with van der Waals surface area (Å²) < 4.78 is 13.1. The summed E-state index contributed by atoms with van der Waals surface area (Å²) in [6.45, 7) is 0. The molecule has 0 aliphatic carbocycles. The van der Waals surface area contributed by atoms with E-state index in [0.29, 0.717) is 0 Å². The number of hydrogen-bond donors (Lipinski definition) is 2. The molecule has 1 heterocycles. The Morgan fingerprint density at radius 1 is 1.26 bits per heavy atom. The van der Waals surface area contributed by atoms with Crippen molar-refractivity contribution in [2.24, 2.45) is 0 Å². The molecule has 0 saturated carbocycles. The number of hydrogen-bond acceptors (Lipinski definition) is 4. The van der Waals surface area contributed by atoms with Crippen molar-refractivity contribution < 1.29 is 9.18 Å². The van der Waals surface area contributed by atoms with E-state index in [9.17, 15) is 9.18 Å². The maximum absolute atomic E-state index is 13.1. The van der Waals surface area contributed by atoms with E-state index in [1.165, 1.54) is 6.07 Å². The maximum atomic E-state index is 13.1. The highest BCUT2D eigenvalue weighted by molar-refractivity contribution is 6.43. The number of carbonyl (C=O) groups excluding carboxylic acids is 1. The first-order valence-electron chi connectivity index (χ1n) is 5.01. The van der Waals surface area contributed by atoms with Crippen LogP contribution >= 0.6 is 23.2 Å². The molecule has 0 atom stereocenters. The number of rotatable bonds is 2. The van der Waals surface area contributed by atoms with E-state index < -0.39 is 11.7 Å². The number of nitrogens with one attached hydrogen (secondary N) is 1. The van der Waals surface area contributed by atoms with Crippen LogP contribution < -0.4 is 11.1 Å². The fourth-order valence-electron chi connectivity index (χ4n) is 1.36. The third-order valence-electron chi connectivity index (χ3n) is 2.16. The highest BCUT2D eigenvalue weighted by Crippen LogP contribution is 2.25. The van der Waals surface area contributed by atoms with Gasteiger partial charge in [0, 0.05) is 11.3 Å². The van der Waals surface area contributed by atoms with Gasteiger partial charge in [-0.05, 0) is 18.2 Å². The van der Waals surface area contributed by atoms with E-state index in [1.807, 2.05) is 0 Å². The van der Waals surface area contributed by atoms with E-state index in [2.05, 4.69) is 15.3 Å². The topological polar surface area (TPSA) is 80.9 Å². The van der Waals surface area contributed by atoms with Gasteiger partial charge < -0.3 is 11.1 Å². The number of halogens is 3. The van der Waals surface area contributed by atoms with Gasteiger partial charge >= 0.3 is 0 Å². The van der Waals surface area contributed by atoms with Gasteiger partial charge in [0.25, 0.3) is 5.91 Å². The standard InChI is InChI=1S/C11H7Cl2FN4O/c12-8-9(13)16-4-17-10(8)18-11(19)5-1-6(14)3-7(15)2-5/h1-4H,15H2,(H,16,17,18,19). The van der Waals surface area contributed by atoms with Crippen LogP contribution in [0.25, 0.3) is 0 Å². The zero-order chi connectivity index (χ0) is 14.0. The molecule has 3 N–H and O–H groups in total. The van der Waals surface area contributed by atoms with Crippen molar-refractivity contribution in [3.63, 3.8) is 0 Å². The molecule has 5 nitrogen and oxygen atoms in total. The quantitative estimate of drug-likeness (QED) is 0.660. The molecule has 0 aliphatic rings. The first kappa shape index (κ1) is 13.5. The molecule has 0 radical (unpaired) electrons. The molecule has 0 bridgehead atoms. The number of anilines is 2. The SMILES string of the molecule is Nc1cc(F)cc(C(=O)Nc2ncnc(Cl)c2Cl)c1. The lowest BCUT2D eigenvalue weighted by Crippen LogP contribution is -2.14. The van der Waals surface area contributed by atoms with Crippen molar-refractivity contribution in [1.29, 1.82) is 0 Å². The van der Waals surface area contributed by atoms with Crippen LogP contribution in [0.15, 0.2) is 24.5 Å². The summed E-state index contributed by atoms with van der Waals surface area (Å²) in [7, 11) is 0. The summed E-state index contributed by atoms with van der Waals surface area (Å²) in [5, 5.41) is 2.40. The second-order valence-electron chi connectivity index (χ2n) is 3.55. The Hall–Kier alpha value is -1.92. The maximum Gasteiger partial charge on any atom is 0.257 e. The van der Waals surface area contributed by atoms with Crippen molar-refractivity contribution in [2.75, 3.05) is 11.1 Å². The van der Waals surface area contributed by atoms with Gasteiger partial charge in [-0.3, -0.25) is 4.79 Å². The zero-order valence-electron chi connectivity index (χ0n) is 9.32. The molecule has 1 amide bonds. The third kappa shape index (κ3) is 3.10. The molecule has 1 aromatic carbocycles. The second kappa shape index (κ2) is 5.38. The summed E-state index contributed by atoms with van der Waals surface area (Å²) in [4.78, 5) is 19.3. The first-order valence-corrected chi connectivity index (χ1v) is 5.76.